The van der Waals surface area contributed by atoms with Crippen LogP contribution in [0.2, 0.25) is 0 Å². The second-order valence-electron chi connectivity index (χ2n) is 6.36. The maximum atomic E-state index is 3.74. The SMILES string of the molecule is CC(CN1CCCC1)NCC1Cc2ccccc2C1. The largest absolute Gasteiger partial charge is 0.313 e. The summed E-state index contributed by atoms with van der Waals surface area (Å²) in [5.41, 5.74) is 3.14. The Labute approximate surface area is 117 Å². The fraction of sp³-hybridized carbons (Fsp3) is 0.647. The Kier molecular flexibility index (Phi) is 4.19. The first kappa shape index (κ1) is 13.1. The van der Waals surface area contributed by atoms with E-state index in [1.54, 1.807) is 11.1 Å². The second kappa shape index (κ2) is 6.06. The van der Waals surface area contributed by atoms with Crippen molar-refractivity contribution >= 4 is 0 Å². The van der Waals surface area contributed by atoms with Gasteiger partial charge in [-0.3, -0.25) is 0 Å². The Bertz CT molecular complexity index is 384. The van der Waals surface area contributed by atoms with E-state index in [2.05, 4.69) is 41.4 Å². The summed E-state index contributed by atoms with van der Waals surface area (Å²) in [6, 6.07) is 9.56. The van der Waals surface area contributed by atoms with E-state index in [1.165, 1.54) is 51.9 Å². The highest BCUT2D eigenvalue weighted by Crippen LogP contribution is 2.25. The molecule has 1 atom stereocenters. The van der Waals surface area contributed by atoms with Crippen LogP contribution >= 0.6 is 0 Å². The number of nitrogens with zero attached hydrogens (tertiary/aromatic N) is 1. The average Bonchev–Trinajstić information content (AvgIpc) is 3.04. The van der Waals surface area contributed by atoms with E-state index < -0.39 is 0 Å². The van der Waals surface area contributed by atoms with Gasteiger partial charge in [-0.2, -0.15) is 0 Å². The molecule has 2 nitrogen and oxygen atoms in total. The van der Waals surface area contributed by atoms with Crippen LogP contribution in [0, 0.1) is 5.92 Å². The molecule has 1 aromatic rings. The van der Waals surface area contributed by atoms with Gasteiger partial charge in [-0.1, -0.05) is 24.3 Å². The lowest BCUT2D eigenvalue weighted by Gasteiger charge is -2.22. The van der Waals surface area contributed by atoms with Crippen LogP contribution in [0.25, 0.3) is 0 Å². The van der Waals surface area contributed by atoms with Crippen molar-refractivity contribution in [2.75, 3.05) is 26.2 Å². The molecule has 1 aromatic carbocycles. The number of hydrogen-bond donors (Lipinski definition) is 1. The molecule has 0 saturated carbocycles. The van der Waals surface area contributed by atoms with E-state index in [0.717, 1.165) is 5.92 Å². The van der Waals surface area contributed by atoms with Gasteiger partial charge in [-0.05, 0) is 69.3 Å². The third-order valence-electron chi connectivity index (χ3n) is 4.62. The maximum absolute atomic E-state index is 3.74. The predicted molar refractivity (Wildman–Crippen MR) is 80.5 cm³/mol. The highest BCUT2D eigenvalue weighted by atomic mass is 15.2. The molecule has 0 bridgehead atoms. The van der Waals surface area contributed by atoms with Crippen LogP contribution in [-0.4, -0.2) is 37.1 Å². The van der Waals surface area contributed by atoms with Crippen LogP contribution < -0.4 is 5.32 Å². The molecule has 1 N–H and O–H groups in total. The Balaban J connectivity index is 1.41. The molecular weight excluding hydrogens is 232 g/mol. The minimum Gasteiger partial charge on any atom is -0.313 e. The molecule has 104 valence electrons. The van der Waals surface area contributed by atoms with Crippen molar-refractivity contribution in [2.24, 2.45) is 5.92 Å². The van der Waals surface area contributed by atoms with E-state index in [1.807, 2.05) is 0 Å². The Hall–Kier alpha value is -0.860. The standard InChI is InChI=1S/C17H26N2/c1-14(13-19-8-4-5-9-19)18-12-15-10-16-6-2-3-7-17(16)11-15/h2-3,6-7,14-15,18H,4-5,8-13H2,1H3. The van der Waals surface area contributed by atoms with Crippen LogP contribution in [0.5, 0.6) is 0 Å². The Morgan fingerprint density at radius 1 is 1.16 bits per heavy atom. The maximum Gasteiger partial charge on any atom is 0.0166 e. The van der Waals surface area contributed by atoms with Gasteiger partial charge in [0.15, 0.2) is 0 Å². The van der Waals surface area contributed by atoms with Crippen LogP contribution in [-0.2, 0) is 12.8 Å². The van der Waals surface area contributed by atoms with Crippen molar-refractivity contribution < 1.29 is 0 Å². The molecule has 2 aliphatic rings. The highest BCUT2D eigenvalue weighted by Gasteiger charge is 2.21. The zero-order valence-electron chi connectivity index (χ0n) is 12.1. The summed E-state index contributed by atoms with van der Waals surface area (Å²) in [5, 5.41) is 3.74. The minimum absolute atomic E-state index is 0.627. The van der Waals surface area contributed by atoms with Crippen molar-refractivity contribution in [3.63, 3.8) is 0 Å². The molecule has 0 amide bonds. The van der Waals surface area contributed by atoms with E-state index in [0.29, 0.717) is 6.04 Å². The van der Waals surface area contributed by atoms with Gasteiger partial charge in [-0.25, -0.2) is 0 Å². The van der Waals surface area contributed by atoms with Crippen LogP contribution in [0.3, 0.4) is 0 Å². The molecule has 0 aromatic heterocycles. The lowest BCUT2D eigenvalue weighted by molar-refractivity contribution is 0.292. The first-order valence-corrected chi connectivity index (χ1v) is 7.84. The lowest BCUT2D eigenvalue weighted by Crippen LogP contribution is -2.40. The zero-order valence-corrected chi connectivity index (χ0v) is 12.1. The first-order chi connectivity index (χ1) is 9.31. The molecule has 1 aliphatic carbocycles. The second-order valence-corrected chi connectivity index (χ2v) is 6.36. The molecule has 1 fully saturated rings. The molecule has 19 heavy (non-hydrogen) atoms. The summed E-state index contributed by atoms with van der Waals surface area (Å²) in [7, 11) is 0. The smallest absolute Gasteiger partial charge is 0.0166 e. The number of nitrogens with one attached hydrogen (secondary N) is 1. The summed E-state index contributed by atoms with van der Waals surface area (Å²) in [6.07, 6.45) is 5.31. The fourth-order valence-electron chi connectivity index (χ4n) is 3.58. The van der Waals surface area contributed by atoms with Gasteiger partial charge in [0.2, 0.25) is 0 Å². The van der Waals surface area contributed by atoms with E-state index in [4.69, 9.17) is 0 Å². The average molecular weight is 258 g/mol. The van der Waals surface area contributed by atoms with Crippen LogP contribution in [0.4, 0.5) is 0 Å². The van der Waals surface area contributed by atoms with Gasteiger partial charge in [-0.15, -0.1) is 0 Å². The van der Waals surface area contributed by atoms with Crippen molar-refractivity contribution in [1.82, 2.24) is 10.2 Å². The fourth-order valence-corrected chi connectivity index (χ4v) is 3.58. The number of hydrogen-bond acceptors (Lipinski definition) is 2. The highest BCUT2D eigenvalue weighted by molar-refractivity contribution is 5.32. The molecule has 3 rings (SSSR count). The summed E-state index contributed by atoms with van der Waals surface area (Å²) < 4.78 is 0. The van der Waals surface area contributed by atoms with Crippen LogP contribution in [0.15, 0.2) is 24.3 Å². The van der Waals surface area contributed by atoms with Gasteiger partial charge in [0.05, 0.1) is 0 Å². The molecule has 0 radical (unpaired) electrons. The number of likely N-dealkylation sites (tertiary alicyclic amines) is 1. The molecule has 1 aliphatic heterocycles. The zero-order chi connectivity index (χ0) is 13.1. The summed E-state index contributed by atoms with van der Waals surface area (Å²) in [5.74, 6) is 0.804. The number of rotatable bonds is 5. The predicted octanol–water partition coefficient (Wildman–Crippen LogP) is 2.48. The Morgan fingerprint density at radius 3 is 2.42 bits per heavy atom. The summed E-state index contributed by atoms with van der Waals surface area (Å²) >= 11 is 0. The van der Waals surface area contributed by atoms with Crippen molar-refractivity contribution in [2.45, 2.75) is 38.6 Å². The van der Waals surface area contributed by atoms with Gasteiger partial charge < -0.3 is 10.2 Å². The third kappa shape index (κ3) is 3.37. The normalized spacial score (nSPS) is 21.7. The van der Waals surface area contributed by atoms with E-state index >= 15 is 0 Å². The molecule has 1 saturated heterocycles. The third-order valence-corrected chi connectivity index (χ3v) is 4.62. The van der Waals surface area contributed by atoms with Crippen LogP contribution in [0.1, 0.15) is 30.9 Å². The lowest BCUT2D eigenvalue weighted by atomic mass is 10.1. The molecular formula is C17H26N2. The molecule has 1 unspecified atom stereocenters. The van der Waals surface area contributed by atoms with Crippen molar-refractivity contribution in [1.29, 1.82) is 0 Å². The van der Waals surface area contributed by atoms with Crippen molar-refractivity contribution in [3.8, 4) is 0 Å². The molecule has 2 heteroatoms. The van der Waals surface area contributed by atoms with Gasteiger partial charge in [0.1, 0.15) is 0 Å². The number of benzene rings is 1. The minimum atomic E-state index is 0.627. The van der Waals surface area contributed by atoms with E-state index in [-0.39, 0.29) is 0 Å². The number of fused-ring (bicyclic) bond motifs is 1. The topological polar surface area (TPSA) is 15.3 Å². The Morgan fingerprint density at radius 2 is 1.79 bits per heavy atom. The van der Waals surface area contributed by atoms with Gasteiger partial charge in [0, 0.05) is 12.6 Å². The molecule has 0 spiro atoms. The molecule has 1 heterocycles. The first-order valence-electron chi connectivity index (χ1n) is 7.84. The quantitative estimate of drug-likeness (QED) is 0.873. The summed E-state index contributed by atoms with van der Waals surface area (Å²) in [6.45, 7) is 7.34. The van der Waals surface area contributed by atoms with Crippen molar-refractivity contribution in [3.05, 3.63) is 35.4 Å². The van der Waals surface area contributed by atoms with E-state index in [9.17, 15) is 0 Å². The summed E-state index contributed by atoms with van der Waals surface area (Å²) in [4.78, 5) is 2.60. The van der Waals surface area contributed by atoms with Gasteiger partial charge in [0.25, 0.3) is 0 Å². The van der Waals surface area contributed by atoms with Gasteiger partial charge >= 0.3 is 0 Å². The monoisotopic (exact) mass is 258 g/mol.